The number of rotatable bonds is 2. The lowest BCUT2D eigenvalue weighted by molar-refractivity contribution is 0.475. The van der Waals surface area contributed by atoms with E-state index in [4.69, 9.17) is 4.42 Å². The molecule has 0 saturated heterocycles. The van der Waals surface area contributed by atoms with Crippen LogP contribution in [0.5, 0.6) is 5.75 Å². The summed E-state index contributed by atoms with van der Waals surface area (Å²) in [6.07, 6.45) is 4.98. The maximum absolute atomic E-state index is 12.3. The van der Waals surface area contributed by atoms with Gasteiger partial charge in [0.05, 0.1) is 10.9 Å². The maximum atomic E-state index is 12.3. The first-order valence-electron chi connectivity index (χ1n) is 6.22. The third-order valence-corrected chi connectivity index (χ3v) is 3.06. The van der Waals surface area contributed by atoms with Gasteiger partial charge in [-0.05, 0) is 35.9 Å². The normalized spacial score (nSPS) is 11.2. The van der Waals surface area contributed by atoms with Crippen molar-refractivity contribution in [1.82, 2.24) is 0 Å². The Balaban J connectivity index is 2.01. The topological polar surface area (TPSA) is 50.4 Å². The first-order valence-corrected chi connectivity index (χ1v) is 6.22. The Bertz CT molecular complexity index is 827. The van der Waals surface area contributed by atoms with Crippen molar-refractivity contribution in [2.75, 3.05) is 0 Å². The highest BCUT2D eigenvalue weighted by molar-refractivity contribution is 5.80. The molecule has 0 aliphatic heterocycles. The van der Waals surface area contributed by atoms with E-state index >= 15 is 0 Å². The van der Waals surface area contributed by atoms with E-state index in [-0.39, 0.29) is 11.2 Å². The van der Waals surface area contributed by atoms with E-state index in [0.717, 1.165) is 5.56 Å². The third kappa shape index (κ3) is 2.34. The van der Waals surface area contributed by atoms with Crippen LogP contribution in [0.25, 0.3) is 23.1 Å². The van der Waals surface area contributed by atoms with Gasteiger partial charge in [-0.15, -0.1) is 0 Å². The summed E-state index contributed by atoms with van der Waals surface area (Å²) < 4.78 is 5.44. The van der Waals surface area contributed by atoms with Crippen molar-refractivity contribution in [3.05, 3.63) is 76.1 Å². The molecule has 3 nitrogen and oxygen atoms in total. The van der Waals surface area contributed by atoms with Gasteiger partial charge in [0.2, 0.25) is 0 Å². The highest BCUT2D eigenvalue weighted by Crippen LogP contribution is 2.14. The molecule has 1 N–H and O–H groups in total. The lowest BCUT2D eigenvalue weighted by Crippen LogP contribution is -2.04. The fourth-order valence-electron chi connectivity index (χ4n) is 1.98. The summed E-state index contributed by atoms with van der Waals surface area (Å²) in [6, 6.07) is 13.9. The smallest absolute Gasteiger partial charge is 0.199 e. The zero-order valence-corrected chi connectivity index (χ0v) is 10.6. The van der Waals surface area contributed by atoms with Gasteiger partial charge in [-0.3, -0.25) is 4.79 Å². The van der Waals surface area contributed by atoms with E-state index in [1.807, 2.05) is 12.1 Å². The molecule has 0 unspecified atom stereocenters. The van der Waals surface area contributed by atoms with Crippen LogP contribution in [0.2, 0.25) is 0 Å². The first-order chi connectivity index (χ1) is 9.74. The molecular weight excluding hydrogens is 252 g/mol. The molecule has 0 amide bonds. The van der Waals surface area contributed by atoms with Crippen LogP contribution in [0.4, 0.5) is 0 Å². The summed E-state index contributed by atoms with van der Waals surface area (Å²) in [6.45, 7) is 0. The van der Waals surface area contributed by atoms with Crippen LogP contribution < -0.4 is 5.43 Å². The second-order valence-corrected chi connectivity index (χ2v) is 4.44. The Hall–Kier alpha value is -2.81. The van der Waals surface area contributed by atoms with Crippen LogP contribution in [0.15, 0.2) is 64.0 Å². The Morgan fingerprint density at radius 1 is 0.950 bits per heavy atom. The summed E-state index contributed by atoms with van der Waals surface area (Å²) in [5.74, 6) is 0.215. The molecule has 3 aromatic rings. The van der Waals surface area contributed by atoms with E-state index in [1.165, 1.54) is 6.26 Å². The fraction of sp³-hybridized carbons (Fsp3) is 0. The molecular formula is C17H12O3. The average molecular weight is 264 g/mol. The van der Waals surface area contributed by atoms with Crippen LogP contribution >= 0.6 is 0 Å². The summed E-state index contributed by atoms with van der Waals surface area (Å²) in [5, 5.41) is 9.79. The number of para-hydroxylation sites is 1. The van der Waals surface area contributed by atoms with Crippen molar-refractivity contribution in [3.8, 4) is 5.75 Å². The molecule has 0 aliphatic carbocycles. The second kappa shape index (κ2) is 5.05. The van der Waals surface area contributed by atoms with Crippen LogP contribution in [-0.4, -0.2) is 5.11 Å². The van der Waals surface area contributed by atoms with Crippen molar-refractivity contribution < 1.29 is 9.52 Å². The summed E-state index contributed by atoms with van der Waals surface area (Å²) in [7, 11) is 0. The molecule has 0 radical (unpaired) electrons. The van der Waals surface area contributed by atoms with Gasteiger partial charge >= 0.3 is 0 Å². The average Bonchev–Trinajstić information content (AvgIpc) is 2.49. The second-order valence-electron chi connectivity index (χ2n) is 4.44. The quantitative estimate of drug-likeness (QED) is 0.768. The summed E-state index contributed by atoms with van der Waals surface area (Å²) >= 11 is 0. The van der Waals surface area contributed by atoms with Crippen molar-refractivity contribution >= 4 is 23.1 Å². The van der Waals surface area contributed by atoms with E-state index in [2.05, 4.69) is 0 Å². The SMILES string of the molecule is O=c1c(/C=C/c2ccc(O)cc2)coc2ccccc12. The highest BCUT2D eigenvalue weighted by Gasteiger charge is 2.03. The number of benzene rings is 2. The molecule has 0 atom stereocenters. The minimum Gasteiger partial charge on any atom is -0.508 e. The number of phenolic OH excluding ortho intramolecular Hbond substituents is 1. The number of fused-ring (bicyclic) bond motifs is 1. The molecule has 98 valence electrons. The molecule has 3 rings (SSSR count). The molecule has 0 saturated carbocycles. The van der Waals surface area contributed by atoms with Gasteiger partial charge in [0.25, 0.3) is 0 Å². The highest BCUT2D eigenvalue weighted by atomic mass is 16.3. The summed E-state index contributed by atoms with van der Waals surface area (Å²) in [4.78, 5) is 12.3. The largest absolute Gasteiger partial charge is 0.508 e. The molecule has 2 aromatic carbocycles. The minimum atomic E-state index is -0.0538. The zero-order chi connectivity index (χ0) is 13.9. The minimum absolute atomic E-state index is 0.0538. The fourth-order valence-corrected chi connectivity index (χ4v) is 1.98. The van der Waals surface area contributed by atoms with Crippen molar-refractivity contribution in [1.29, 1.82) is 0 Å². The molecule has 0 bridgehead atoms. The van der Waals surface area contributed by atoms with Gasteiger partial charge in [0.1, 0.15) is 17.6 Å². The monoisotopic (exact) mass is 264 g/mol. The Labute approximate surface area is 115 Å². The molecule has 3 heteroatoms. The third-order valence-electron chi connectivity index (χ3n) is 3.06. The first kappa shape index (κ1) is 12.2. The Morgan fingerprint density at radius 2 is 1.70 bits per heavy atom. The number of phenols is 1. The lowest BCUT2D eigenvalue weighted by atomic mass is 10.1. The molecule has 0 spiro atoms. The summed E-state index contributed by atoms with van der Waals surface area (Å²) in [5.41, 5.74) is 1.92. The van der Waals surface area contributed by atoms with Crippen molar-refractivity contribution in [2.45, 2.75) is 0 Å². The Kier molecular flexibility index (Phi) is 3.09. The van der Waals surface area contributed by atoms with Crippen molar-refractivity contribution in [3.63, 3.8) is 0 Å². The van der Waals surface area contributed by atoms with E-state index in [1.54, 1.807) is 48.6 Å². The lowest BCUT2D eigenvalue weighted by Gasteiger charge is -1.98. The predicted molar refractivity (Wildman–Crippen MR) is 79.5 cm³/mol. The zero-order valence-electron chi connectivity index (χ0n) is 10.6. The molecule has 1 aromatic heterocycles. The van der Waals surface area contributed by atoms with Gasteiger partial charge in [-0.25, -0.2) is 0 Å². The van der Waals surface area contributed by atoms with Gasteiger partial charge in [-0.2, -0.15) is 0 Å². The van der Waals surface area contributed by atoms with Gasteiger partial charge < -0.3 is 9.52 Å². The van der Waals surface area contributed by atoms with E-state index < -0.39 is 0 Å². The molecule has 20 heavy (non-hydrogen) atoms. The standard InChI is InChI=1S/C17H12O3/c18-14-9-6-12(7-10-14)5-8-13-11-20-16-4-2-1-3-15(16)17(13)19/h1-11,18H/b8-5+. The maximum Gasteiger partial charge on any atom is 0.199 e. The van der Waals surface area contributed by atoms with Crippen LogP contribution in [0.1, 0.15) is 11.1 Å². The Morgan fingerprint density at radius 3 is 2.50 bits per heavy atom. The van der Waals surface area contributed by atoms with Crippen LogP contribution in [0, 0.1) is 0 Å². The van der Waals surface area contributed by atoms with Crippen LogP contribution in [0.3, 0.4) is 0 Å². The number of hydrogen-bond acceptors (Lipinski definition) is 3. The molecule has 1 heterocycles. The number of hydrogen-bond donors (Lipinski definition) is 1. The van der Waals surface area contributed by atoms with Crippen molar-refractivity contribution in [2.24, 2.45) is 0 Å². The molecule has 0 fully saturated rings. The van der Waals surface area contributed by atoms with Crippen LogP contribution in [-0.2, 0) is 0 Å². The molecule has 0 aliphatic rings. The number of aromatic hydroxyl groups is 1. The van der Waals surface area contributed by atoms with Gasteiger partial charge in [0.15, 0.2) is 5.43 Å². The predicted octanol–water partition coefficient (Wildman–Crippen LogP) is 3.67. The van der Waals surface area contributed by atoms with E-state index in [0.29, 0.717) is 16.5 Å². The van der Waals surface area contributed by atoms with E-state index in [9.17, 15) is 9.90 Å². The van der Waals surface area contributed by atoms with Gasteiger partial charge in [-0.1, -0.05) is 30.3 Å². The van der Waals surface area contributed by atoms with Gasteiger partial charge in [0, 0.05) is 0 Å².